The highest BCUT2D eigenvalue weighted by Gasteiger charge is 2.12. The maximum Gasteiger partial charge on any atom is 0.355 e. The highest BCUT2D eigenvalue weighted by Crippen LogP contribution is 2.11. The number of aromatic carboxylic acids is 1. The topological polar surface area (TPSA) is 112 Å². The van der Waals surface area contributed by atoms with Crippen molar-refractivity contribution in [3.8, 4) is 11.8 Å². The number of carboxylic acids is 1. The standard InChI is InChI=1S/C9H7N5O2S/c1-17-9-11-5-6(3-2-4-12-14-10)7(13-9)8(15)16/h5H,4H2,1H3,(H,15,16). The van der Waals surface area contributed by atoms with Gasteiger partial charge in [-0.1, -0.05) is 28.7 Å². The van der Waals surface area contributed by atoms with E-state index < -0.39 is 5.97 Å². The van der Waals surface area contributed by atoms with Gasteiger partial charge in [-0.25, -0.2) is 14.8 Å². The smallest absolute Gasteiger partial charge is 0.355 e. The van der Waals surface area contributed by atoms with Gasteiger partial charge in [0.25, 0.3) is 0 Å². The number of carboxylic acid groups (broad SMARTS) is 1. The van der Waals surface area contributed by atoms with Crippen LogP contribution in [-0.2, 0) is 0 Å². The third-order valence-corrected chi connectivity index (χ3v) is 2.15. The van der Waals surface area contributed by atoms with E-state index in [0.29, 0.717) is 5.16 Å². The molecule has 0 amide bonds. The number of thioether (sulfide) groups is 1. The van der Waals surface area contributed by atoms with Gasteiger partial charge in [-0.05, 0) is 11.8 Å². The predicted octanol–water partition coefficient (Wildman–Crippen LogP) is 1.56. The Hall–Kier alpha value is -2.23. The van der Waals surface area contributed by atoms with E-state index in [1.165, 1.54) is 18.0 Å². The van der Waals surface area contributed by atoms with Gasteiger partial charge in [-0.2, -0.15) is 0 Å². The van der Waals surface area contributed by atoms with Crippen LogP contribution in [0.4, 0.5) is 0 Å². The van der Waals surface area contributed by atoms with Crippen LogP contribution in [-0.4, -0.2) is 33.8 Å². The van der Waals surface area contributed by atoms with E-state index >= 15 is 0 Å². The Kier molecular flexibility index (Phi) is 4.81. The molecule has 1 heterocycles. The Labute approximate surface area is 101 Å². The van der Waals surface area contributed by atoms with Crippen LogP contribution in [0.3, 0.4) is 0 Å². The Morgan fingerprint density at radius 3 is 3.12 bits per heavy atom. The summed E-state index contributed by atoms with van der Waals surface area (Å²) in [7, 11) is 0. The fourth-order valence-electron chi connectivity index (χ4n) is 0.920. The molecule has 1 N–H and O–H groups in total. The Balaban J connectivity index is 3.09. The van der Waals surface area contributed by atoms with E-state index in [4.69, 9.17) is 10.6 Å². The van der Waals surface area contributed by atoms with Crippen LogP contribution < -0.4 is 0 Å². The first-order valence-electron chi connectivity index (χ1n) is 4.33. The molecule has 1 aromatic heterocycles. The molecule has 17 heavy (non-hydrogen) atoms. The van der Waals surface area contributed by atoms with E-state index in [0.717, 1.165) is 0 Å². The second-order valence-electron chi connectivity index (χ2n) is 2.61. The van der Waals surface area contributed by atoms with Gasteiger partial charge in [-0.15, -0.1) is 0 Å². The van der Waals surface area contributed by atoms with Crippen molar-refractivity contribution >= 4 is 17.7 Å². The van der Waals surface area contributed by atoms with Crippen LogP contribution in [0.5, 0.6) is 0 Å². The van der Waals surface area contributed by atoms with Crippen LogP contribution in [0.25, 0.3) is 10.4 Å². The van der Waals surface area contributed by atoms with Crippen molar-refractivity contribution in [3.05, 3.63) is 27.9 Å². The molecule has 0 radical (unpaired) electrons. The lowest BCUT2D eigenvalue weighted by Gasteiger charge is -1.99. The first-order valence-corrected chi connectivity index (χ1v) is 5.55. The van der Waals surface area contributed by atoms with Crippen molar-refractivity contribution in [1.82, 2.24) is 9.97 Å². The number of carbonyl (C=O) groups is 1. The quantitative estimate of drug-likeness (QED) is 0.218. The van der Waals surface area contributed by atoms with Gasteiger partial charge in [0.1, 0.15) is 0 Å². The molecule has 0 spiro atoms. The molecule has 8 heteroatoms. The monoisotopic (exact) mass is 249 g/mol. The zero-order chi connectivity index (χ0) is 12.7. The SMILES string of the molecule is CSc1ncc(C#CCN=[N+]=[N-])c(C(=O)O)n1. The Bertz CT molecular complexity index is 542. The molecule has 0 fully saturated rings. The van der Waals surface area contributed by atoms with Gasteiger partial charge in [0, 0.05) is 11.1 Å². The maximum absolute atomic E-state index is 10.9. The summed E-state index contributed by atoms with van der Waals surface area (Å²) in [6, 6.07) is 0. The Morgan fingerprint density at radius 2 is 2.53 bits per heavy atom. The lowest BCUT2D eigenvalue weighted by atomic mass is 10.2. The molecule has 86 valence electrons. The molecule has 0 aliphatic carbocycles. The predicted molar refractivity (Wildman–Crippen MR) is 61.7 cm³/mol. The summed E-state index contributed by atoms with van der Waals surface area (Å²) in [5.74, 6) is 3.89. The summed E-state index contributed by atoms with van der Waals surface area (Å²) in [5.41, 5.74) is 8.09. The molecule has 0 unspecified atom stereocenters. The second-order valence-corrected chi connectivity index (χ2v) is 3.39. The summed E-state index contributed by atoms with van der Waals surface area (Å²) in [5, 5.41) is 12.5. The van der Waals surface area contributed by atoms with Gasteiger partial charge >= 0.3 is 5.97 Å². The maximum atomic E-state index is 10.9. The van der Waals surface area contributed by atoms with Crippen LogP contribution in [0.1, 0.15) is 16.1 Å². The lowest BCUT2D eigenvalue weighted by Crippen LogP contribution is -2.06. The molecule has 0 bridgehead atoms. The molecule has 0 aromatic carbocycles. The minimum absolute atomic E-state index is 0.0279. The van der Waals surface area contributed by atoms with Gasteiger partial charge in [-0.3, -0.25) is 0 Å². The summed E-state index contributed by atoms with van der Waals surface area (Å²) < 4.78 is 0. The highest BCUT2D eigenvalue weighted by molar-refractivity contribution is 7.98. The van der Waals surface area contributed by atoms with Crippen LogP contribution in [0.15, 0.2) is 16.5 Å². The van der Waals surface area contributed by atoms with Gasteiger partial charge < -0.3 is 5.11 Å². The van der Waals surface area contributed by atoms with E-state index in [1.54, 1.807) is 6.26 Å². The number of rotatable bonds is 3. The molecule has 7 nitrogen and oxygen atoms in total. The normalized spacial score (nSPS) is 8.76. The van der Waals surface area contributed by atoms with Crippen LogP contribution in [0, 0.1) is 11.8 Å². The average molecular weight is 249 g/mol. The van der Waals surface area contributed by atoms with E-state index in [1.807, 2.05) is 0 Å². The fourth-order valence-corrected chi connectivity index (χ4v) is 1.26. The second kappa shape index (κ2) is 6.37. The van der Waals surface area contributed by atoms with E-state index in [9.17, 15) is 4.79 Å². The minimum Gasteiger partial charge on any atom is -0.476 e. The van der Waals surface area contributed by atoms with Crippen LogP contribution >= 0.6 is 11.8 Å². The van der Waals surface area contributed by atoms with Crippen molar-refractivity contribution in [2.24, 2.45) is 5.11 Å². The minimum atomic E-state index is -1.17. The summed E-state index contributed by atoms with van der Waals surface area (Å²) in [6.45, 7) is -0.0279. The molecule has 0 saturated carbocycles. The van der Waals surface area contributed by atoms with E-state index in [2.05, 4.69) is 31.8 Å². The van der Waals surface area contributed by atoms with Gasteiger partial charge in [0.2, 0.25) is 0 Å². The van der Waals surface area contributed by atoms with Crippen LogP contribution in [0.2, 0.25) is 0 Å². The first-order chi connectivity index (χ1) is 8.19. The third kappa shape index (κ3) is 3.68. The molecule has 0 aliphatic rings. The number of hydrogen-bond acceptors (Lipinski definition) is 5. The summed E-state index contributed by atoms with van der Waals surface area (Å²) in [6.07, 6.45) is 3.08. The number of aromatic nitrogens is 2. The Morgan fingerprint density at radius 1 is 1.76 bits per heavy atom. The third-order valence-electron chi connectivity index (χ3n) is 1.59. The van der Waals surface area contributed by atoms with Crippen molar-refractivity contribution in [2.45, 2.75) is 5.16 Å². The van der Waals surface area contributed by atoms with Crippen molar-refractivity contribution in [1.29, 1.82) is 0 Å². The average Bonchev–Trinajstić information content (AvgIpc) is 2.34. The van der Waals surface area contributed by atoms with E-state index in [-0.39, 0.29) is 17.8 Å². The summed E-state index contributed by atoms with van der Waals surface area (Å²) in [4.78, 5) is 21.2. The zero-order valence-electron chi connectivity index (χ0n) is 8.78. The largest absolute Gasteiger partial charge is 0.476 e. The summed E-state index contributed by atoms with van der Waals surface area (Å²) >= 11 is 1.24. The molecule has 1 aromatic rings. The van der Waals surface area contributed by atoms with Gasteiger partial charge in [0.15, 0.2) is 10.9 Å². The van der Waals surface area contributed by atoms with Crippen molar-refractivity contribution in [2.75, 3.05) is 12.8 Å². The zero-order valence-corrected chi connectivity index (χ0v) is 9.60. The number of hydrogen-bond donors (Lipinski definition) is 1. The molecule has 0 atom stereocenters. The number of nitrogens with zero attached hydrogens (tertiary/aromatic N) is 5. The van der Waals surface area contributed by atoms with Crippen molar-refractivity contribution < 1.29 is 9.90 Å². The highest BCUT2D eigenvalue weighted by atomic mass is 32.2. The van der Waals surface area contributed by atoms with Gasteiger partial charge in [0.05, 0.1) is 12.1 Å². The number of azide groups is 1. The lowest BCUT2D eigenvalue weighted by molar-refractivity contribution is 0.0689. The molecule has 1 rings (SSSR count). The molecule has 0 saturated heterocycles. The molecular formula is C9H7N5O2S. The first kappa shape index (κ1) is 12.8. The molecule has 0 aliphatic heterocycles. The molecular weight excluding hydrogens is 242 g/mol. The van der Waals surface area contributed by atoms with Crippen molar-refractivity contribution in [3.63, 3.8) is 0 Å². The fraction of sp³-hybridized carbons (Fsp3) is 0.222.